The molecule has 20 heavy (non-hydrogen) atoms. The summed E-state index contributed by atoms with van der Waals surface area (Å²) in [5, 5.41) is 4.29. The van der Waals surface area contributed by atoms with Gasteiger partial charge in [-0.1, -0.05) is 48.5 Å². The molecule has 0 radical (unpaired) electrons. The number of carbonyl (C=O) groups is 1. The van der Waals surface area contributed by atoms with Crippen molar-refractivity contribution >= 4 is 21.8 Å². The summed E-state index contributed by atoms with van der Waals surface area (Å²) in [6.45, 7) is 2.32. The molecule has 2 saturated carbocycles. The van der Waals surface area contributed by atoms with Crippen LogP contribution in [0.4, 0.5) is 0 Å². The van der Waals surface area contributed by atoms with Crippen LogP contribution in [0, 0.1) is 11.8 Å². The Balaban J connectivity index is 1.82. The van der Waals surface area contributed by atoms with Crippen molar-refractivity contribution in [3.8, 4) is 0 Å². The quantitative estimate of drug-likeness (QED) is 0.576. The number of nitrogens with one attached hydrogen (secondary N) is 1. The average molecular weight is 344 g/mol. The molecule has 0 heterocycles. The molecule has 3 heteroatoms. The molecule has 1 amide bonds. The summed E-state index contributed by atoms with van der Waals surface area (Å²) in [6.07, 6.45) is 13.4. The minimum atomic E-state index is 0.0360. The van der Waals surface area contributed by atoms with Crippen molar-refractivity contribution in [2.24, 2.45) is 11.8 Å². The van der Waals surface area contributed by atoms with Crippen LogP contribution in [0.2, 0.25) is 0 Å². The van der Waals surface area contributed by atoms with Crippen molar-refractivity contribution in [3.05, 3.63) is 0 Å². The summed E-state index contributed by atoms with van der Waals surface area (Å²) in [5.74, 6) is 1.75. The molecule has 0 saturated heterocycles. The molecule has 2 aliphatic carbocycles. The fourth-order valence-corrected chi connectivity index (χ4v) is 4.48. The molecule has 0 aromatic heterocycles. The summed E-state index contributed by atoms with van der Waals surface area (Å²) in [4.78, 5) is 12.4. The standard InChI is InChI=1S/C17H30BrNO/c1-14-8-10-17(13-18,11-9-14)19-16(20)12-15-6-4-2-3-5-7-15/h14-15H,2-13H2,1H3,(H,19,20). The lowest BCUT2D eigenvalue weighted by Gasteiger charge is -2.39. The molecule has 0 aliphatic heterocycles. The number of hydrogen-bond acceptors (Lipinski definition) is 1. The van der Waals surface area contributed by atoms with E-state index in [0.29, 0.717) is 11.8 Å². The summed E-state index contributed by atoms with van der Waals surface area (Å²) in [7, 11) is 0. The van der Waals surface area contributed by atoms with Crippen LogP contribution in [0.15, 0.2) is 0 Å². The topological polar surface area (TPSA) is 29.1 Å². The second-order valence-corrected chi connectivity index (χ2v) is 7.77. The first-order chi connectivity index (χ1) is 9.63. The van der Waals surface area contributed by atoms with Gasteiger partial charge < -0.3 is 5.32 Å². The lowest BCUT2D eigenvalue weighted by molar-refractivity contribution is -0.124. The minimum Gasteiger partial charge on any atom is -0.350 e. The van der Waals surface area contributed by atoms with Gasteiger partial charge in [-0.25, -0.2) is 0 Å². The second-order valence-electron chi connectivity index (χ2n) is 7.21. The largest absolute Gasteiger partial charge is 0.350 e. The van der Waals surface area contributed by atoms with Crippen LogP contribution in [0.3, 0.4) is 0 Å². The highest BCUT2D eigenvalue weighted by Crippen LogP contribution is 2.34. The minimum absolute atomic E-state index is 0.0360. The zero-order valence-corrected chi connectivity index (χ0v) is 14.5. The van der Waals surface area contributed by atoms with Crippen molar-refractivity contribution in [2.45, 2.75) is 83.1 Å². The molecule has 116 valence electrons. The lowest BCUT2D eigenvalue weighted by Crippen LogP contribution is -2.52. The van der Waals surface area contributed by atoms with Crippen LogP contribution >= 0.6 is 15.9 Å². The highest BCUT2D eigenvalue weighted by Gasteiger charge is 2.34. The molecule has 0 unspecified atom stereocenters. The maximum absolute atomic E-state index is 12.4. The van der Waals surface area contributed by atoms with Gasteiger partial charge in [-0.2, -0.15) is 0 Å². The second kappa shape index (κ2) is 7.82. The number of rotatable bonds is 4. The fraction of sp³-hybridized carbons (Fsp3) is 0.941. The molecule has 0 spiro atoms. The molecule has 0 bridgehead atoms. The third-order valence-corrected chi connectivity index (χ3v) is 6.41. The summed E-state index contributed by atoms with van der Waals surface area (Å²) in [6, 6.07) is 0. The highest BCUT2D eigenvalue weighted by molar-refractivity contribution is 9.09. The van der Waals surface area contributed by atoms with Gasteiger partial charge in [0.15, 0.2) is 0 Å². The normalized spacial score (nSPS) is 32.6. The maximum Gasteiger partial charge on any atom is 0.220 e. The number of hydrogen-bond donors (Lipinski definition) is 1. The van der Waals surface area contributed by atoms with E-state index in [1.807, 2.05) is 0 Å². The molecule has 2 rings (SSSR count). The Kier molecular flexibility index (Phi) is 6.38. The molecule has 0 aromatic carbocycles. The van der Waals surface area contributed by atoms with Gasteiger partial charge in [-0.05, 0) is 50.4 Å². The molecular weight excluding hydrogens is 314 g/mol. The van der Waals surface area contributed by atoms with Gasteiger partial charge in [-0.15, -0.1) is 0 Å². The lowest BCUT2D eigenvalue weighted by atomic mass is 9.78. The third-order valence-electron chi connectivity index (χ3n) is 5.34. The smallest absolute Gasteiger partial charge is 0.220 e. The monoisotopic (exact) mass is 343 g/mol. The Morgan fingerprint density at radius 1 is 1.10 bits per heavy atom. The summed E-state index contributed by atoms with van der Waals surface area (Å²) >= 11 is 3.64. The van der Waals surface area contributed by atoms with Crippen molar-refractivity contribution in [1.29, 1.82) is 0 Å². The number of alkyl halides is 1. The van der Waals surface area contributed by atoms with Crippen LogP contribution in [0.1, 0.15) is 77.6 Å². The number of amides is 1. The molecule has 0 atom stereocenters. The molecule has 0 aromatic rings. The third kappa shape index (κ3) is 4.75. The van der Waals surface area contributed by atoms with Gasteiger partial charge in [0.2, 0.25) is 5.91 Å². The predicted octanol–water partition coefficient (Wildman–Crippen LogP) is 4.81. The number of carbonyl (C=O) groups excluding carboxylic acids is 1. The van der Waals surface area contributed by atoms with Gasteiger partial charge in [0.05, 0.1) is 0 Å². The van der Waals surface area contributed by atoms with Crippen molar-refractivity contribution < 1.29 is 4.79 Å². The van der Waals surface area contributed by atoms with E-state index < -0.39 is 0 Å². The predicted molar refractivity (Wildman–Crippen MR) is 88.1 cm³/mol. The van der Waals surface area contributed by atoms with Gasteiger partial charge in [-0.3, -0.25) is 4.79 Å². The van der Waals surface area contributed by atoms with Crippen LogP contribution in [0.25, 0.3) is 0 Å². The van der Waals surface area contributed by atoms with Crippen LogP contribution in [-0.2, 0) is 4.79 Å². The molecule has 2 nitrogen and oxygen atoms in total. The Morgan fingerprint density at radius 2 is 1.70 bits per heavy atom. The molecule has 2 aliphatic rings. The van der Waals surface area contributed by atoms with Crippen LogP contribution in [-0.4, -0.2) is 16.8 Å². The molecule has 1 N–H and O–H groups in total. The zero-order valence-electron chi connectivity index (χ0n) is 12.9. The first kappa shape index (κ1) is 16.3. The van der Waals surface area contributed by atoms with Gasteiger partial charge in [0.1, 0.15) is 0 Å². The van der Waals surface area contributed by atoms with E-state index in [2.05, 4.69) is 28.2 Å². The summed E-state index contributed by atoms with van der Waals surface area (Å²) in [5.41, 5.74) is 0.0360. The van der Waals surface area contributed by atoms with E-state index in [9.17, 15) is 4.79 Å². The SMILES string of the molecule is CC1CCC(CBr)(NC(=O)CC2CCCCCC2)CC1. The first-order valence-electron chi connectivity index (χ1n) is 8.50. The van der Waals surface area contributed by atoms with E-state index in [1.165, 1.54) is 51.4 Å². The fourth-order valence-electron chi connectivity index (χ4n) is 3.78. The maximum atomic E-state index is 12.4. The highest BCUT2D eigenvalue weighted by atomic mass is 79.9. The van der Waals surface area contributed by atoms with E-state index in [0.717, 1.165) is 30.5 Å². The van der Waals surface area contributed by atoms with Crippen LogP contribution in [0.5, 0.6) is 0 Å². The van der Waals surface area contributed by atoms with Crippen LogP contribution < -0.4 is 5.32 Å². The van der Waals surface area contributed by atoms with E-state index >= 15 is 0 Å². The Hall–Kier alpha value is -0.0500. The van der Waals surface area contributed by atoms with Gasteiger partial charge in [0.25, 0.3) is 0 Å². The van der Waals surface area contributed by atoms with Gasteiger partial charge in [0, 0.05) is 17.3 Å². The first-order valence-corrected chi connectivity index (χ1v) is 9.63. The summed E-state index contributed by atoms with van der Waals surface area (Å²) < 4.78 is 0. The molecular formula is C17H30BrNO. The Morgan fingerprint density at radius 3 is 2.25 bits per heavy atom. The zero-order chi connectivity index (χ0) is 14.4. The average Bonchev–Trinajstić information content (AvgIpc) is 2.70. The van der Waals surface area contributed by atoms with Crippen molar-refractivity contribution in [1.82, 2.24) is 5.32 Å². The van der Waals surface area contributed by atoms with E-state index in [1.54, 1.807) is 0 Å². The van der Waals surface area contributed by atoms with Gasteiger partial charge >= 0.3 is 0 Å². The Bertz CT molecular complexity index is 302. The number of halogens is 1. The van der Waals surface area contributed by atoms with Crippen molar-refractivity contribution in [2.75, 3.05) is 5.33 Å². The van der Waals surface area contributed by atoms with E-state index in [-0.39, 0.29) is 5.54 Å². The molecule has 2 fully saturated rings. The Labute approximate surface area is 132 Å². The van der Waals surface area contributed by atoms with E-state index in [4.69, 9.17) is 0 Å². The van der Waals surface area contributed by atoms with Crippen molar-refractivity contribution in [3.63, 3.8) is 0 Å².